The summed E-state index contributed by atoms with van der Waals surface area (Å²) in [5, 5.41) is 0. The summed E-state index contributed by atoms with van der Waals surface area (Å²) in [7, 11) is 0. The van der Waals surface area contributed by atoms with Crippen LogP contribution in [-0.4, -0.2) is 29.7 Å². The first-order chi connectivity index (χ1) is 14.6. The Hall–Kier alpha value is -2.77. The molecular formula is C23H24F3NO4. The van der Waals surface area contributed by atoms with Crippen LogP contribution in [0.15, 0.2) is 23.1 Å². The highest BCUT2D eigenvalue weighted by molar-refractivity contribution is 5.94. The quantitative estimate of drug-likeness (QED) is 0.637. The highest BCUT2D eigenvalue weighted by atomic mass is 19.4. The molecule has 1 aromatic carbocycles. The third-order valence-electron chi connectivity index (χ3n) is 5.94. The Bertz CT molecular complexity index is 1100. The van der Waals surface area contributed by atoms with Gasteiger partial charge in [-0.15, -0.1) is 0 Å². The fourth-order valence-corrected chi connectivity index (χ4v) is 4.44. The molecule has 8 heteroatoms. The Morgan fingerprint density at radius 2 is 2.06 bits per heavy atom. The number of pyridine rings is 1. The molecule has 0 aliphatic carbocycles. The number of halogens is 3. The first-order valence-corrected chi connectivity index (χ1v) is 10.4. The average Bonchev–Trinajstić information content (AvgIpc) is 3.15. The Balaban J connectivity index is 1.85. The number of Topliss-reactive ketones (excluding diaryl/α,β-unsaturated/α-hetero) is 1. The van der Waals surface area contributed by atoms with Gasteiger partial charge in [0.2, 0.25) is 0 Å². The molecule has 3 heterocycles. The summed E-state index contributed by atoms with van der Waals surface area (Å²) in [5.41, 5.74) is 3.13. The lowest BCUT2D eigenvalue weighted by Gasteiger charge is -2.34. The minimum atomic E-state index is -4.30. The van der Waals surface area contributed by atoms with Crippen LogP contribution in [0.3, 0.4) is 0 Å². The molecule has 0 bridgehead atoms. The van der Waals surface area contributed by atoms with E-state index in [2.05, 4.69) is 13.8 Å². The van der Waals surface area contributed by atoms with Crippen molar-refractivity contribution in [2.45, 2.75) is 52.3 Å². The van der Waals surface area contributed by atoms with E-state index in [4.69, 9.17) is 9.47 Å². The number of benzene rings is 1. The highest BCUT2D eigenvalue weighted by Gasteiger charge is 2.34. The first-order valence-electron chi connectivity index (χ1n) is 10.4. The van der Waals surface area contributed by atoms with Crippen molar-refractivity contribution in [1.29, 1.82) is 0 Å². The summed E-state index contributed by atoms with van der Waals surface area (Å²) in [5.74, 6) is 0.677. The maximum Gasteiger partial charge on any atom is 0.392 e. The number of aromatic nitrogens is 1. The van der Waals surface area contributed by atoms with Gasteiger partial charge in [0.05, 0.1) is 30.9 Å². The number of alkyl halides is 3. The van der Waals surface area contributed by atoms with Crippen LogP contribution in [0.2, 0.25) is 0 Å². The molecule has 0 saturated carbocycles. The second-order valence-electron chi connectivity index (χ2n) is 8.44. The number of hydrogen-bond donors (Lipinski definition) is 0. The number of fused-ring (bicyclic) bond motifs is 5. The molecule has 0 amide bonds. The van der Waals surface area contributed by atoms with Crippen molar-refractivity contribution in [3.8, 4) is 22.8 Å². The van der Waals surface area contributed by atoms with E-state index in [9.17, 15) is 22.8 Å². The number of carbonyl (C=O) groups excluding carboxylic acids is 1. The van der Waals surface area contributed by atoms with Gasteiger partial charge in [0.25, 0.3) is 0 Å². The first kappa shape index (κ1) is 21.5. The number of nitrogens with zero attached hydrogens (tertiary/aromatic N) is 1. The third-order valence-corrected chi connectivity index (χ3v) is 5.94. The minimum Gasteiger partial charge on any atom is -0.489 e. The van der Waals surface area contributed by atoms with E-state index < -0.39 is 19.2 Å². The largest absolute Gasteiger partial charge is 0.489 e. The molecule has 1 aromatic heterocycles. The summed E-state index contributed by atoms with van der Waals surface area (Å²) >= 11 is 0. The van der Waals surface area contributed by atoms with Gasteiger partial charge in [0, 0.05) is 35.9 Å². The Morgan fingerprint density at radius 1 is 1.32 bits per heavy atom. The normalized spacial score (nSPS) is 17.1. The molecule has 4 rings (SSSR count). The van der Waals surface area contributed by atoms with Crippen LogP contribution < -0.4 is 14.9 Å². The van der Waals surface area contributed by atoms with Crippen molar-refractivity contribution < 1.29 is 27.4 Å². The molecule has 0 N–H and O–H groups in total. The van der Waals surface area contributed by atoms with Crippen LogP contribution in [0.4, 0.5) is 13.2 Å². The summed E-state index contributed by atoms with van der Waals surface area (Å²) in [6, 6.07) is 3.23. The smallest absolute Gasteiger partial charge is 0.392 e. The highest BCUT2D eigenvalue weighted by Crippen LogP contribution is 2.48. The number of hydrogen-bond acceptors (Lipinski definition) is 4. The Morgan fingerprint density at radius 3 is 2.71 bits per heavy atom. The van der Waals surface area contributed by atoms with Gasteiger partial charge < -0.3 is 14.0 Å². The van der Waals surface area contributed by atoms with E-state index in [0.29, 0.717) is 36.6 Å². The van der Waals surface area contributed by atoms with Gasteiger partial charge in [0.1, 0.15) is 0 Å². The van der Waals surface area contributed by atoms with E-state index in [1.165, 1.54) is 13.0 Å². The molecule has 1 atom stereocenters. The van der Waals surface area contributed by atoms with E-state index in [0.717, 1.165) is 16.7 Å². The second-order valence-corrected chi connectivity index (χ2v) is 8.44. The average molecular weight is 435 g/mol. The molecule has 5 nitrogen and oxygen atoms in total. The Labute approximate surface area is 177 Å². The molecule has 166 valence electrons. The Kier molecular flexibility index (Phi) is 5.35. The van der Waals surface area contributed by atoms with E-state index in [-0.39, 0.29) is 28.7 Å². The molecule has 2 aliphatic rings. The molecule has 1 unspecified atom stereocenters. The number of carbonyl (C=O) groups is 1. The van der Waals surface area contributed by atoms with Gasteiger partial charge in [-0.25, -0.2) is 0 Å². The van der Waals surface area contributed by atoms with Gasteiger partial charge in [-0.1, -0.05) is 13.8 Å². The van der Waals surface area contributed by atoms with Gasteiger partial charge >= 0.3 is 6.18 Å². The lowest BCUT2D eigenvalue weighted by atomic mass is 9.84. The van der Waals surface area contributed by atoms with Crippen LogP contribution in [0.25, 0.3) is 11.3 Å². The molecule has 0 spiro atoms. The van der Waals surface area contributed by atoms with E-state index >= 15 is 0 Å². The predicted octanol–water partition coefficient (Wildman–Crippen LogP) is 4.74. The summed E-state index contributed by atoms with van der Waals surface area (Å²) < 4.78 is 50.9. The van der Waals surface area contributed by atoms with E-state index in [1.54, 1.807) is 12.3 Å². The van der Waals surface area contributed by atoms with Crippen molar-refractivity contribution in [3.05, 3.63) is 45.2 Å². The van der Waals surface area contributed by atoms with Gasteiger partial charge in [-0.05, 0) is 30.9 Å². The van der Waals surface area contributed by atoms with Crippen molar-refractivity contribution in [2.75, 3.05) is 13.2 Å². The summed E-state index contributed by atoms with van der Waals surface area (Å²) in [6.07, 6.45) is -2.51. The zero-order valence-electron chi connectivity index (χ0n) is 17.6. The SMILES string of the molecule is CC(=O)c1cn2c(cc1=O)-c1c(cc(OCCC(F)(F)F)c3c1CCO3)CC2C(C)C. The van der Waals surface area contributed by atoms with E-state index in [1.807, 2.05) is 4.57 Å². The topological polar surface area (TPSA) is 57.5 Å². The van der Waals surface area contributed by atoms with Crippen LogP contribution in [0, 0.1) is 5.92 Å². The summed E-state index contributed by atoms with van der Waals surface area (Å²) in [6.45, 7) is 5.40. The number of rotatable bonds is 5. The van der Waals surface area contributed by atoms with Gasteiger partial charge in [-0.2, -0.15) is 13.2 Å². The maximum atomic E-state index is 12.6. The molecule has 2 aromatic rings. The second kappa shape index (κ2) is 7.73. The molecule has 2 aliphatic heterocycles. The molecule has 0 radical (unpaired) electrons. The van der Waals surface area contributed by atoms with Gasteiger partial charge in [-0.3, -0.25) is 9.59 Å². The monoisotopic (exact) mass is 435 g/mol. The number of ketones is 1. The molecule has 31 heavy (non-hydrogen) atoms. The fourth-order valence-electron chi connectivity index (χ4n) is 4.44. The fraction of sp³-hybridized carbons (Fsp3) is 0.478. The van der Waals surface area contributed by atoms with Crippen molar-refractivity contribution in [3.63, 3.8) is 0 Å². The van der Waals surface area contributed by atoms with Crippen molar-refractivity contribution in [1.82, 2.24) is 4.57 Å². The van der Waals surface area contributed by atoms with Crippen LogP contribution >= 0.6 is 0 Å². The third kappa shape index (κ3) is 3.95. The molecule has 0 fully saturated rings. The van der Waals surface area contributed by atoms with Crippen LogP contribution in [0.5, 0.6) is 11.5 Å². The van der Waals surface area contributed by atoms with Crippen molar-refractivity contribution in [2.24, 2.45) is 5.92 Å². The number of ether oxygens (including phenoxy) is 2. The van der Waals surface area contributed by atoms with Crippen molar-refractivity contribution >= 4 is 5.78 Å². The molecular weight excluding hydrogens is 411 g/mol. The summed E-state index contributed by atoms with van der Waals surface area (Å²) in [4.78, 5) is 24.6. The predicted molar refractivity (Wildman–Crippen MR) is 109 cm³/mol. The molecule has 0 saturated heterocycles. The lowest BCUT2D eigenvalue weighted by molar-refractivity contribution is -0.139. The van der Waals surface area contributed by atoms with Gasteiger partial charge in [0.15, 0.2) is 22.7 Å². The zero-order valence-corrected chi connectivity index (χ0v) is 17.6. The lowest BCUT2D eigenvalue weighted by Crippen LogP contribution is -2.28. The standard InChI is InChI=1S/C23H24F3NO4/c1-12(2)17-8-14-9-20(30-7-5-23(24,25)26)22-15(4-6-31-22)21(14)18-10-19(29)16(13(3)28)11-27(17)18/h9-12,17H,4-8H2,1-3H3. The van der Waals surface area contributed by atoms with Crippen LogP contribution in [0.1, 0.15) is 54.7 Å². The zero-order chi connectivity index (χ0) is 22.5. The van der Waals surface area contributed by atoms with Crippen LogP contribution in [-0.2, 0) is 12.8 Å². The minimum absolute atomic E-state index is 0.00963. The maximum absolute atomic E-state index is 12.6.